The molecule has 6 heteroatoms. The molecule has 4 aromatic rings. The molecule has 0 atom stereocenters. The minimum atomic E-state index is -0.366. The average molecular weight is 345 g/mol. The molecule has 0 bridgehead atoms. The highest BCUT2D eigenvalue weighted by Gasteiger charge is 2.13. The molecular weight excluding hydrogens is 330 g/mol. The lowest BCUT2D eigenvalue weighted by Crippen LogP contribution is -2.18. The number of anilines is 1. The number of benzene rings is 1. The number of pyridine rings is 2. The summed E-state index contributed by atoms with van der Waals surface area (Å²) >= 11 is 0. The van der Waals surface area contributed by atoms with Gasteiger partial charge in [0.1, 0.15) is 5.76 Å². The van der Waals surface area contributed by atoms with E-state index in [1.807, 2.05) is 24.3 Å². The number of hydrogen-bond acceptors (Lipinski definition) is 4. The summed E-state index contributed by atoms with van der Waals surface area (Å²) < 4.78 is 7.11. The van der Waals surface area contributed by atoms with E-state index < -0.39 is 0 Å². The first kappa shape index (κ1) is 15.8. The Morgan fingerprint density at radius 2 is 1.92 bits per heavy atom. The Bertz CT molecular complexity index is 1140. The van der Waals surface area contributed by atoms with Crippen LogP contribution in [0.25, 0.3) is 10.9 Å². The predicted molar refractivity (Wildman–Crippen MR) is 98.2 cm³/mol. The number of fused-ring (bicyclic) bond motifs is 1. The first-order valence-corrected chi connectivity index (χ1v) is 8.10. The Hall–Kier alpha value is -3.67. The number of furan rings is 1. The van der Waals surface area contributed by atoms with Crippen molar-refractivity contribution in [2.45, 2.75) is 6.54 Å². The van der Waals surface area contributed by atoms with E-state index in [4.69, 9.17) is 4.42 Å². The normalized spacial score (nSPS) is 10.8. The largest absolute Gasteiger partial charge is 0.454 e. The molecule has 1 amide bonds. The van der Waals surface area contributed by atoms with Gasteiger partial charge in [0.25, 0.3) is 11.5 Å². The molecule has 6 nitrogen and oxygen atoms in total. The van der Waals surface area contributed by atoms with Crippen molar-refractivity contribution in [1.29, 1.82) is 0 Å². The van der Waals surface area contributed by atoms with E-state index in [1.165, 1.54) is 10.6 Å². The Balaban J connectivity index is 1.55. The van der Waals surface area contributed by atoms with Crippen molar-refractivity contribution in [1.82, 2.24) is 9.55 Å². The highest BCUT2D eigenvalue weighted by atomic mass is 16.4. The zero-order valence-electron chi connectivity index (χ0n) is 13.8. The van der Waals surface area contributed by atoms with E-state index in [9.17, 15) is 9.59 Å². The van der Waals surface area contributed by atoms with Gasteiger partial charge in [0.15, 0.2) is 5.76 Å². The van der Waals surface area contributed by atoms with Crippen LogP contribution < -0.4 is 10.9 Å². The number of carbonyl (C=O) groups excluding carboxylic acids is 1. The van der Waals surface area contributed by atoms with Crippen LogP contribution >= 0.6 is 0 Å². The van der Waals surface area contributed by atoms with Crippen LogP contribution in [0.15, 0.2) is 82.3 Å². The number of rotatable bonds is 4. The van der Waals surface area contributed by atoms with Crippen LogP contribution in [0.5, 0.6) is 0 Å². The second-order valence-corrected chi connectivity index (χ2v) is 5.77. The molecular formula is C20H15N3O3. The van der Waals surface area contributed by atoms with Gasteiger partial charge in [-0.15, -0.1) is 0 Å². The van der Waals surface area contributed by atoms with Crippen molar-refractivity contribution < 1.29 is 9.21 Å². The monoisotopic (exact) mass is 345 g/mol. The molecule has 3 heterocycles. The number of hydrogen-bond donors (Lipinski definition) is 1. The third-order valence-corrected chi connectivity index (χ3v) is 3.99. The van der Waals surface area contributed by atoms with Crippen LogP contribution in [-0.2, 0) is 6.54 Å². The zero-order valence-corrected chi connectivity index (χ0v) is 13.8. The lowest BCUT2D eigenvalue weighted by atomic mass is 10.2. The number of para-hydroxylation sites is 1. The number of carbonyl (C=O) groups is 1. The van der Waals surface area contributed by atoms with Crippen molar-refractivity contribution in [2.24, 2.45) is 0 Å². The smallest absolute Gasteiger partial charge is 0.291 e. The fourth-order valence-electron chi connectivity index (χ4n) is 2.73. The van der Waals surface area contributed by atoms with Gasteiger partial charge in [0.2, 0.25) is 0 Å². The summed E-state index contributed by atoms with van der Waals surface area (Å²) in [6, 6.07) is 17.6. The Labute approximate surface area is 148 Å². The number of aromatic nitrogens is 2. The Morgan fingerprint density at radius 1 is 1.04 bits per heavy atom. The van der Waals surface area contributed by atoms with Gasteiger partial charge in [-0.3, -0.25) is 14.6 Å². The first-order valence-electron chi connectivity index (χ1n) is 8.10. The van der Waals surface area contributed by atoms with Gasteiger partial charge in [0, 0.05) is 23.8 Å². The van der Waals surface area contributed by atoms with Gasteiger partial charge in [-0.1, -0.05) is 24.3 Å². The molecule has 26 heavy (non-hydrogen) atoms. The van der Waals surface area contributed by atoms with Crippen molar-refractivity contribution in [3.8, 4) is 0 Å². The maximum absolute atomic E-state index is 12.5. The van der Waals surface area contributed by atoms with E-state index in [0.717, 1.165) is 5.39 Å². The topological polar surface area (TPSA) is 77.1 Å². The lowest BCUT2D eigenvalue weighted by molar-refractivity contribution is 0.0995. The molecule has 0 saturated carbocycles. The molecule has 0 aliphatic carbocycles. The SMILES string of the molecule is O=C(Nc1cccc2cccnc12)c1ccc(Cn2ccccc2=O)o1. The molecule has 0 spiro atoms. The van der Waals surface area contributed by atoms with Crippen molar-refractivity contribution in [2.75, 3.05) is 5.32 Å². The molecule has 1 aromatic carbocycles. The van der Waals surface area contributed by atoms with Crippen LogP contribution in [0.4, 0.5) is 5.69 Å². The Kier molecular flexibility index (Phi) is 4.07. The van der Waals surface area contributed by atoms with E-state index in [0.29, 0.717) is 17.0 Å². The molecule has 0 aliphatic rings. The summed E-state index contributed by atoms with van der Waals surface area (Å²) in [6.45, 7) is 0.267. The summed E-state index contributed by atoms with van der Waals surface area (Å²) in [5.41, 5.74) is 1.20. The third kappa shape index (κ3) is 3.12. The van der Waals surface area contributed by atoms with E-state index in [1.54, 1.807) is 42.7 Å². The van der Waals surface area contributed by atoms with Gasteiger partial charge in [-0.25, -0.2) is 0 Å². The van der Waals surface area contributed by atoms with Crippen molar-refractivity contribution >= 4 is 22.5 Å². The standard InChI is InChI=1S/C20H15N3O3/c24-18-8-1-2-12-23(18)13-15-9-10-17(26-15)20(25)22-16-7-3-5-14-6-4-11-21-19(14)16/h1-12H,13H2,(H,22,25). The first-order chi connectivity index (χ1) is 12.7. The van der Waals surface area contributed by atoms with E-state index in [-0.39, 0.29) is 23.8 Å². The highest BCUT2D eigenvalue weighted by molar-refractivity contribution is 6.06. The molecule has 4 rings (SSSR count). The highest BCUT2D eigenvalue weighted by Crippen LogP contribution is 2.21. The van der Waals surface area contributed by atoms with Crippen LogP contribution in [0.1, 0.15) is 16.3 Å². The van der Waals surface area contributed by atoms with Crippen LogP contribution in [0.3, 0.4) is 0 Å². The van der Waals surface area contributed by atoms with Crippen LogP contribution in [0.2, 0.25) is 0 Å². The third-order valence-electron chi connectivity index (χ3n) is 3.99. The minimum Gasteiger partial charge on any atom is -0.454 e. The summed E-state index contributed by atoms with van der Waals surface area (Å²) in [7, 11) is 0. The molecule has 1 N–H and O–H groups in total. The van der Waals surface area contributed by atoms with Gasteiger partial charge in [-0.2, -0.15) is 0 Å². The van der Waals surface area contributed by atoms with Gasteiger partial charge >= 0.3 is 0 Å². The molecule has 128 valence electrons. The minimum absolute atomic E-state index is 0.128. The van der Waals surface area contributed by atoms with E-state index in [2.05, 4.69) is 10.3 Å². The summed E-state index contributed by atoms with van der Waals surface area (Å²) in [6.07, 6.45) is 3.35. The molecule has 0 radical (unpaired) electrons. The summed E-state index contributed by atoms with van der Waals surface area (Å²) in [4.78, 5) is 28.6. The lowest BCUT2D eigenvalue weighted by Gasteiger charge is -2.06. The van der Waals surface area contributed by atoms with Crippen molar-refractivity contribution in [3.63, 3.8) is 0 Å². The fraction of sp³-hybridized carbons (Fsp3) is 0.0500. The second-order valence-electron chi connectivity index (χ2n) is 5.77. The molecule has 0 saturated heterocycles. The van der Waals surface area contributed by atoms with Gasteiger partial charge in [0.05, 0.1) is 17.7 Å². The van der Waals surface area contributed by atoms with Crippen molar-refractivity contribution in [3.05, 3.63) is 94.9 Å². The number of amides is 1. The van der Waals surface area contributed by atoms with E-state index >= 15 is 0 Å². The van der Waals surface area contributed by atoms with Crippen LogP contribution in [0, 0.1) is 0 Å². The molecule has 0 unspecified atom stereocenters. The van der Waals surface area contributed by atoms with Crippen LogP contribution in [-0.4, -0.2) is 15.5 Å². The number of nitrogens with one attached hydrogen (secondary N) is 1. The quantitative estimate of drug-likeness (QED) is 0.616. The number of nitrogens with zero attached hydrogens (tertiary/aromatic N) is 2. The predicted octanol–water partition coefficient (Wildman–Crippen LogP) is 3.29. The Morgan fingerprint density at radius 3 is 2.81 bits per heavy atom. The summed E-state index contributed by atoms with van der Waals surface area (Å²) in [5, 5.41) is 3.76. The fourth-order valence-corrected chi connectivity index (χ4v) is 2.73. The average Bonchev–Trinajstić information content (AvgIpc) is 3.13. The maximum atomic E-state index is 12.5. The van der Waals surface area contributed by atoms with Gasteiger partial charge < -0.3 is 14.3 Å². The maximum Gasteiger partial charge on any atom is 0.291 e. The summed E-state index contributed by atoms with van der Waals surface area (Å²) in [5.74, 6) is 0.339. The molecule has 0 fully saturated rings. The zero-order chi connectivity index (χ0) is 17.9. The molecule has 3 aromatic heterocycles. The molecule has 0 aliphatic heterocycles. The second kappa shape index (κ2) is 6.68. The van der Waals surface area contributed by atoms with Gasteiger partial charge in [-0.05, 0) is 30.3 Å².